The van der Waals surface area contributed by atoms with Gasteiger partial charge in [-0.3, -0.25) is 10.1 Å². The number of rotatable bonds is 6. The first-order valence-corrected chi connectivity index (χ1v) is 8.32. The minimum atomic E-state index is -2.57. The van der Waals surface area contributed by atoms with Crippen LogP contribution in [0.2, 0.25) is 0 Å². The predicted molar refractivity (Wildman–Crippen MR) is 88.0 cm³/mol. The number of guanidine groups is 1. The second-order valence-corrected chi connectivity index (χ2v) is 7.31. The molecule has 0 atom stereocenters. The molecule has 0 bridgehead atoms. The van der Waals surface area contributed by atoms with Gasteiger partial charge in [0.15, 0.2) is 5.96 Å². The molecule has 1 amide bonds. The largest absolute Gasteiger partial charge is 0.370 e. The molecule has 0 aliphatic heterocycles. The Hall–Kier alpha value is -1.54. The maximum absolute atomic E-state index is 12.5. The number of carbonyl (C=O) groups is 1. The van der Waals surface area contributed by atoms with Gasteiger partial charge in [-0.1, -0.05) is 6.92 Å². The summed E-state index contributed by atoms with van der Waals surface area (Å²) in [5, 5.41) is 5.59. The van der Waals surface area contributed by atoms with Crippen LogP contribution in [0, 0.1) is 5.41 Å². The number of nitrogens with zero attached hydrogens (tertiary/aromatic N) is 1. The number of aliphatic imine (C=N–C) groups is 1. The predicted octanol–water partition coefficient (Wildman–Crippen LogP) is 2.51. The highest BCUT2D eigenvalue weighted by Gasteiger charge is 2.39. The second-order valence-electron chi connectivity index (χ2n) is 6.20. The Labute approximate surface area is 138 Å². The molecule has 8 heteroatoms. The van der Waals surface area contributed by atoms with Crippen molar-refractivity contribution in [1.82, 2.24) is 10.6 Å². The highest BCUT2D eigenvalue weighted by atomic mass is 32.1. The van der Waals surface area contributed by atoms with Crippen molar-refractivity contribution in [3.8, 4) is 0 Å². The fourth-order valence-electron chi connectivity index (χ4n) is 2.80. The van der Waals surface area contributed by atoms with E-state index in [2.05, 4.69) is 22.5 Å². The fraction of sp³-hybridized carbons (Fsp3) is 0.600. The maximum atomic E-state index is 12.5. The van der Waals surface area contributed by atoms with Crippen LogP contribution >= 0.6 is 11.3 Å². The van der Waals surface area contributed by atoms with Crippen LogP contribution < -0.4 is 16.4 Å². The molecule has 4 N–H and O–H groups in total. The summed E-state index contributed by atoms with van der Waals surface area (Å²) in [5.41, 5.74) is 6.01. The fourth-order valence-corrected chi connectivity index (χ4v) is 3.56. The van der Waals surface area contributed by atoms with E-state index in [4.69, 9.17) is 5.73 Å². The topological polar surface area (TPSA) is 79.5 Å². The average Bonchev–Trinajstić information content (AvgIpc) is 2.93. The molecule has 2 rings (SSSR count). The number of hydrogen-bond donors (Lipinski definition) is 3. The van der Waals surface area contributed by atoms with E-state index < -0.39 is 12.3 Å². The first-order valence-electron chi connectivity index (χ1n) is 7.50. The minimum Gasteiger partial charge on any atom is -0.370 e. The quantitative estimate of drug-likeness (QED) is 0.548. The lowest BCUT2D eigenvalue weighted by Crippen LogP contribution is -2.43. The monoisotopic (exact) mass is 344 g/mol. The van der Waals surface area contributed by atoms with Gasteiger partial charge in [-0.2, -0.15) is 0 Å². The van der Waals surface area contributed by atoms with Gasteiger partial charge in [-0.05, 0) is 50.4 Å². The zero-order valence-corrected chi connectivity index (χ0v) is 14.1. The van der Waals surface area contributed by atoms with Crippen LogP contribution in [0.5, 0.6) is 0 Å². The van der Waals surface area contributed by atoms with Gasteiger partial charge in [-0.25, -0.2) is 13.8 Å². The third kappa shape index (κ3) is 4.71. The zero-order valence-electron chi connectivity index (χ0n) is 13.2. The van der Waals surface area contributed by atoms with E-state index in [1.54, 1.807) is 0 Å². The summed E-state index contributed by atoms with van der Waals surface area (Å²) in [7, 11) is 1.93. The Morgan fingerprint density at radius 3 is 2.78 bits per heavy atom. The Bertz CT molecular complexity index is 582. The van der Waals surface area contributed by atoms with Gasteiger partial charge in [0.25, 0.3) is 12.3 Å². The molecule has 23 heavy (non-hydrogen) atoms. The van der Waals surface area contributed by atoms with E-state index in [0.29, 0.717) is 0 Å². The summed E-state index contributed by atoms with van der Waals surface area (Å²) in [4.78, 5) is 16.3. The van der Waals surface area contributed by atoms with Gasteiger partial charge < -0.3 is 11.1 Å². The Balaban J connectivity index is 1.84. The number of nitrogens with one attached hydrogen (secondary N) is 2. The molecule has 1 aliphatic carbocycles. The Morgan fingerprint density at radius 2 is 2.22 bits per heavy atom. The molecule has 0 saturated heterocycles. The maximum Gasteiger partial charge on any atom is 0.272 e. The van der Waals surface area contributed by atoms with Gasteiger partial charge >= 0.3 is 0 Å². The molecule has 0 unspecified atom stereocenters. The molecule has 1 fully saturated rings. The highest BCUT2D eigenvalue weighted by Crippen LogP contribution is 2.44. The number of nitrogens with two attached hydrogens (primary N) is 1. The zero-order chi connectivity index (χ0) is 17.0. The van der Waals surface area contributed by atoms with E-state index in [0.717, 1.165) is 37.1 Å². The molecule has 128 valence electrons. The van der Waals surface area contributed by atoms with Gasteiger partial charge in [0.2, 0.25) is 0 Å². The minimum absolute atomic E-state index is 0.0441. The van der Waals surface area contributed by atoms with Gasteiger partial charge in [0.1, 0.15) is 0 Å². The van der Waals surface area contributed by atoms with E-state index in [1.165, 1.54) is 12.1 Å². The molecule has 0 spiro atoms. The lowest BCUT2D eigenvalue weighted by Gasteiger charge is -2.43. The van der Waals surface area contributed by atoms with E-state index in [9.17, 15) is 13.6 Å². The molecule has 0 aromatic carbocycles. The van der Waals surface area contributed by atoms with Crippen LogP contribution in [0.15, 0.2) is 17.1 Å². The normalized spacial score (nSPS) is 24.6. The van der Waals surface area contributed by atoms with Crippen molar-refractivity contribution >= 4 is 23.2 Å². The number of hydrogen-bond acceptors (Lipinski definition) is 4. The van der Waals surface area contributed by atoms with Crippen molar-refractivity contribution < 1.29 is 13.6 Å². The summed E-state index contributed by atoms with van der Waals surface area (Å²) < 4.78 is 25.0. The van der Waals surface area contributed by atoms with Gasteiger partial charge in [-0.15, -0.1) is 11.3 Å². The van der Waals surface area contributed by atoms with Crippen LogP contribution in [0.25, 0.3) is 0 Å². The molecule has 1 aliphatic rings. The summed E-state index contributed by atoms with van der Waals surface area (Å²) in [6.07, 6.45) is 0.366. The number of halogens is 2. The SMILES string of the molecule is CNCCC1(C)CC(N=C(N)NC(=O)c2ccc(C(F)F)s2)C1. The Kier molecular flexibility index (Phi) is 5.69. The van der Waals surface area contributed by atoms with Crippen LogP contribution in [-0.2, 0) is 0 Å². The first kappa shape index (κ1) is 17.8. The number of carbonyl (C=O) groups excluding carboxylic acids is 1. The van der Waals surface area contributed by atoms with E-state index in [1.807, 2.05) is 7.05 Å². The molecule has 1 saturated carbocycles. The summed E-state index contributed by atoms with van der Waals surface area (Å²) in [6, 6.07) is 2.72. The summed E-state index contributed by atoms with van der Waals surface area (Å²) in [5.74, 6) is -0.455. The highest BCUT2D eigenvalue weighted by molar-refractivity contribution is 7.14. The van der Waals surface area contributed by atoms with Crippen LogP contribution in [0.3, 0.4) is 0 Å². The average molecular weight is 344 g/mol. The van der Waals surface area contributed by atoms with Crippen molar-refractivity contribution in [1.29, 1.82) is 0 Å². The molecule has 1 aromatic rings. The van der Waals surface area contributed by atoms with Crippen molar-refractivity contribution in [2.45, 2.75) is 38.7 Å². The van der Waals surface area contributed by atoms with Crippen molar-refractivity contribution in [3.05, 3.63) is 21.9 Å². The van der Waals surface area contributed by atoms with E-state index in [-0.39, 0.29) is 27.2 Å². The van der Waals surface area contributed by atoms with E-state index >= 15 is 0 Å². The molecule has 0 radical (unpaired) electrons. The third-order valence-corrected chi connectivity index (χ3v) is 5.16. The standard InChI is InChI=1S/C15H22F2N4OS/c1-15(5-6-19-2)7-9(8-15)20-14(18)21-13(22)11-4-3-10(23-11)12(16)17/h3-4,9,12,19H,5-8H2,1-2H3,(H3,18,20,21,22). The molecule has 1 heterocycles. The van der Waals surface area contributed by atoms with Crippen molar-refractivity contribution in [2.24, 2.45) is 16.1 Å². The molecular weight excluding hydrogens is 322 g/mol. The summed E-state index contributed by atoms with van der Waals surface area (Å²) >= 11 is 0.759. The van der Waals surface area contributed by atoms with Crippen molar-refractivity contribution in [2.75, 3.05) is 13.6 Å². The number of amides is 1. The lowest BCUT2D eigenvalue weighted by molar-refractivity contribution is 0.0978. The van der Waals surface area contributed by atoms with Crippen LogP contribution in [0.4, 0.5) is 8.78 Å². The van der Waals surface area contributed by atoms with Crippen molar-refractivity contribution in [3.63, 3.8) is 0 Å². The number of alkyl halides is 2. The van der Waals surface area contributed by atoms with Gasteiger partial charge in [0, 0.05) is 0 Å². The first-order chi connectivity index (χ1) is 10.8. The second kappa shape index (κ2) is 7.35. The smallest absolute Gasteiger partial charge is 0.272 e. The Morgan fingerprint density at radius 1 is 1.52 bits per heavy atom. The van der Waals surface area contributed by atoms with Crippen LogP contribution in [-0.4, -0.2) is 31.5 Å². The molecule has 1 aromatic heterocycles. The lowest BCUT2D eigenvalue weighted by atomic mass is 9.65. The molecule has 5 nitrogen and oxygen atoms in total. The van der Waals surface area contributed by atoms with Gasteiger partial charge in [0.05, 0.1) is 15.8 Å². The number of thiophene rings is 1. The van der Waals surface area contributed by atoms with Crippen LogP contribution in [0.1, 0.15) is 47.2 Å². The molecular formula is C15H22F2N4OS. The summed E-state index contributed by atoms with van der Waals surface area (Å²) in [6.45, 7) is 3.17. The third-order valence-electron chi connectivity index (χ3n) is 4.06.